The largest absolute Gasteiger partial charge is 0.507 e. The van der Waals surface area contributed by atoms with Gasteiger partial charge in [0.05, 0.1) is 16.6 Å². The van der Waals surface area contributed by atoms with Gasteiger partial charge < -0.3 is 5.11 Å². The number of fused-ring (bicyclic) bond motifs is 4. The molecule has 0 unspecified atom stereocenters. The Labute approximate surface area is 214 Å². The van der Waals surface area contributed by atoms with E-state index in [1.165, 1.54) is 0 Å². The van der Waals surface area contributed by atoms with Gasteiger partial charge in [-0.2, -0.15) is 10.5 Å². The van der Waals surface area contributed by atoms with E-state index < -0.39 is 0 Å². The number of benzene rings is 3. The number of nitrogens with zero attached hydrogens (tertiary/aromatic N) is 4. The van der Waals surface area contributed by atoms with E-state index >= 15 is 0 Å². The van der Waals surface area contributed by atoms with E-state index in [0.717, 1.165) is 30.2 Å². The first-order valence-electron chi connectivity index (χ1n) is 11.7. The van der Waals surface area contributed by atoms with Crippen LogP contribution in [0.2, 0.25) is 5.02 Å². The van der Waals surface area contributed by atoms with Crippen LogP contribution in [0.15, 0.2) is 71.3 Å². The highest BCUT2D eigenvalue weighted by Gasteiger charge is 2.24. The van der Waals surface area contributed by atoms with Gasteiger partial charge in [-0.1, -0.05) is 61.9 Å². The summed E-state index contributed by atoms with van der Waals surface area (Å²) in [5, 5.41) is 32.6. The number of halogens is 1. The molecule has 0 aliphatic heterocycles. The van der Waals surface area contributed by atoms with Crippen molar-refractivity contribution in [2.24, 2.45) is 5.41 Å². The van der Waals surface area contributed by atoms with Crippen LogP contribution in [0, 0.1) is 28.1 Å². The normalized spacial score (nSPS) is 15.1. The fourth-order valence-corrected chi connectivity index (χ4v) is 4.86. The molecule has 1 aromatic heterocycles. The van der Waals surface area contributed by atoms with Crippen molar-refractivity contribution >= 4 is 50.5 Å². The molecule has 1 aliphatic rings. The van der Waals surface area contributed by atoms with Crippen LogP contribution < -0.4 is 0 Å². The van der Waals surface area contributed by atoms with Gasteiger partial charge in [0.25, 0.3) is 0 Å². The molecule has 0 radical (unpaired) electrons. The zero-order chi connectivity index (χ0) is 25.4. The molecule has 4 aromatic rings. The molecule has 36 heavy (non-hydrogen) atoms. The van der Waals surface area contributed by atoms with Crippen molar-refractivity contribution in [1.82, 2.24) is 9.97 Å². The maximum Gasteiger partial charge on any atom is 0.137 e. The number of nitriles is 2. The standard InChI is InChI=1S/C30H23ClN4O/c1-30(2)13-11-18(12-14-30)21(19(16-32)17-33)8-9-24-28-27(22-5-3-4-6-23(22)29(24)36)34-25-10-7-20(31)15-26(25)35-28/h3-11,15,36H,12-14H2,1-2H3/b9-8+. The maximum absolute atomic E-state index is 11.3. The molecule has 0 amide bonds. The Kier molecular flexibility index (Phi) is 5.96. The third-order valence-corrected chi connectivity index (χ3v) is 7.04. The van der Waals surface area contributed by atoms with Gasteiger partial charge in [0.15, 0.2) is 0 Å². The second kappa shape index (κ2) is 9.11. The van der Waals surface area contributed by atoms with Crippen LogP contribution in [0.3, 0.4) is 0 Å². The van der Waals surface area contributed by atoms with E-state index in [9.17, 15) is 15.6 Å². The molecule has 0 saturated heterocycles. The van der Waals surface area contributed by atoms with Crippen molar-refractivity contribution < 1.29 is 5.11 Å². The zero-order valence-electron chi connectivity index (χ0n) is 20.0. The van der Waals surface area contributed by atoms with Crippen LogP contribution >= 0.6 is 11.6 Å². The average molecular weight is 491 g/mol. The first-order valence-corrected chi connectivity index (χ1v) is 12.1. The zero-order valence-corrected chi connectivity index (χ0v) is 20.8. The Balaban J connectivity index is 1.77. The van der Waals surface area contributed by atoms with Gasteiger partial charge in [-0.05, 0) is 54.5 Å². The Bertz CT molecular complexity index is 1720. The van der Waals surface area contributed by atoms with Crippen LogP contribution in [-0.4, -0.2) is 15.1 Å². The molecular formula is C30H23ClN4O. The lowest BCUT2D eigenvalue weighted by atomic mass is 9.76. The summed E-state index contributed by atoms with van der Waals surface area (Å²) in [6, 6.07) is 16.9. The van der Waals surface area contributed by atoms with Crippen molar-refractivity contribution in [3.05, 3.63) is 81.9 Å². The highest BCUT2D eigenvalue weighted by Crippen LogP contribution is 2.40. The van der Waals surface area contributed by atoms with Gasteiger partial charge in [0.2, 0.25) is 0 Å². The molecule has 1 N–H and O–H groups in total. The smallest absolute Gasteiger partial charge is 0.137 e. The van der Waals surface area contributed by atoms with Crippen LogP contribution in [0.4, 0.5) is 0 Å². The molecule has 5 nitrogen and oxygen atoms in total. The van der Waals surface area contributed by atoms with E-state index in [2.05, 4.69) is 19.9 Å². The Morgan fingerprint density at radius 3 is 2.44 bits per heavy atom. The lowest BCUT2D eigenvalue weighted by Gasteiger charge is -2.29. The SMILES string of the molecule is CC1(C)CC=C(C(/C=C/c2c(O)c3ccccc3c3nc4ccc(Cl)cc4nc23)=C(C#N)C#N)CC1. The minimum atomic E-state index is 0.0464. The molecule has 0 atom stereocenters. The van der Waals surface area contributed by atoms with Gasteiger partial charge >= 0.3 is 0 Å². The minimum Gasteiger partial charge on any atom is -0.507 e. The molecule has 176 valence electrons. The predicted octanol–water partition coefficient (Wildman–Crippen LogP) is 7.79. The number of aromatic hydroxyl groups is 1. The maximum atomic E-state index is 11.3. The molecule has 0 fully saturated rings. The number of phenols is 1. The fourth-order valence-electron chi connectivity index (χ4n) is 4.70. The van der Waals surface area contributed by atoms with Crippen molar-refractivity contribution in [2.45, 2.75) is 33.1 Å². The van der Waals surface area contributed by atoms with Crippen LogP contribution in [0.25, 0.3) is 38.9 Å². The third-order valence-electron chi connectivity index (χ3n) is 6.80. The van der Waals surface area contributed by atoms with Gasteiger partial charge in [0.1, 0.15) is 29.0 Å². The van der Waals surface area contributed by atoms with E-state index in [1.54, 1.807) is 24.3 Å². The summed E-state index contributed by atoms with van der Waals surface area (Å²) in [6.07, 6.45) is 8.20. The average Bonchev–Trinajstić information content (AvgIpc) is 2.87. The summed E-state index contributed by atoms with van der Waals surface area (Å²) in [4.78, 5) is 9.68. The highest BCUT2D eigenvalue weighted by atomic mass is 35.5. The van der Waals surface area contributed by atoms with Crippen molar-refractivity contribution in [2.75, 3.05) is 0 Å². The summed E-state index contributed by atoms with van der Waals surface area (Å²) in [5.74, 6) is 0.0681. The Morgan fingerprint density at radius 2 is 1.75 bits per heavy atom. The fraction of sp³-hybridized carbons (Fsp3) is 0.200. The molecule has 5 rings (SSSR count). The topological polar surface area (TPSA) is 93.6 Å². The van der Waals surface area contributed by atoms with Gasteiger partial charge in [0, 0.05) is 26.9 Å². The van der Waals surface area contributed by atoms with E-state index in [0.29, 0.717) is 43.6 Å². The molecule has 6 heteroatoms. The van der Waals surface area contributed by atoms with E-state index in [1.807, 2.05) is 42.5 Å². The summed E-state index contributed by atoms with van der Waals surface area (Å²) in [5.41, 5.74) is 4.74. The molecular weight excluding hydrogens is 468 g/mol. The first kappa shape index (κ1) is 23.5. The molecule has 0 bridgehead atoms. The van der Waals surface area contributed by atoms with Crippen LogP contribution in [0.5, 0.6) is 5.75 Å². The van der Waals surface area contributed by atoms with Gasteiger partial charge in [-0.15, -0.1) is 0 Å². The quantitative estimate of drug-likeness (QED) is 0.137. The number of phenolic OH excluding ortho intramolecular Hbond substituents is 1. The van der Waals surface area contributed by atoms with Gasteiger partial charge in [-0.3, -0.25) is 0 Å². The first-order chi connectivity index (χ1) is 17.3. The summed E-state index contributed by atoms with van der Waals surface area (Å²) < 4.78 is 0. The number of aromatic nitrogens is 2. The molecule has 0 saturated carbocycles. The minimum absolute atomic E-state index is 0.0464. The monoisotopic (exact) mass is 490 g/mol. The summed E-state index contributed by atoms with van der Waals surface area (Å²) >= 11 is 6.21. The van der Waals surface area contributed by atoms with Crippen LogP contribution in [-0.2, 0) is 0 Å². The lowest BCUT2D eigenvalue weighted by Crippen LogP contribution is -2.15. The Morgan fingerprint density at radius 1 is 1.03 bits per heavy atom. The van der Waals surface area contributed by atoms with Crippen molar-refractivity contribution in [1.29, 1.82) is 10.5 Å². The molecule has 0 spiro atoms. The molecule has 1 aliphatic carbocycles. The molecule has 3 aromatic carbocycles. The van der Waals surface area contributed by atoms with E-state index in [4.69, 9.17) is 21.6 Å². The lowest BCUT2D eigenvalue weighted by molar-refractivity contribution is 0.326. The second-order valence-corrected chi connectivity index (χ2v) is 10.2. The number of hydrogen-bond donors (Lipinski definition) is 1. The predicted molar refractivity (Wildman–Crippen MR) is 144 cm³/mol. The second-order valence-electron chi connectivity index (χ2n) is 9.81. The number of allylic oxidation sites excluding steroid dienone is 5. The number of rotatable bonds is 3. The number of hydrogen-bond acceptors (Lipinski definition) is 5. The van der Waals surface area contributed by atoms with Crippen LogP contribution in [0.1, 0.15) is 38.7 Å². The summed E-state index contributed by atoms with van der Waals surface area (Å²) in [7, 11) is 0. The van der Waals surface area contributed by atoms with Crippen molar-refractivity contribution in [3.63, 3.8) is 0 Å². The third kappa shape index (κ3) is 4.19. The Hall–Kier alpha value is -4.19. The highest BCUT2D eigenvalue weighted by molar-refractivity contribution is 6.31. The van der Waals surface area contributed by atoms with Gasteiger partial charge in [-0.25, -0.2) is 9.97 Å². The molecule has 1 heterocycles. The van der Waals surface area contributed by atoms with Crippen molar-refractivity contribution in [3.8, 4) is 17.9 Å². The summed E-state index contributed by atoms with van der Waals surface area (Å²) in [6.45, 7) is 4.42. The van der Waals surface area contributed by atoms with E-state index in [-0.39, 0.29) is 16.7 Å².